The number of nitrogens with two attached hydrogens (primary N) is 1. The van der Waals surface area contributed by atoms with Gasteiger partial charge in [0.05, 0.1) is 11.9 Å². The van der Waals surface area contributed by atoms with E-state index in [4.69, 9.17) is 5.73 Å². The fourth-order valence-corrected chi connectivity index (χ4v) is 2.85. The molecule has 0 spiro atoms. The quantitative estimate of drug-likeness (QED) is 0.858. The topological polar surface area (TPSA) is 54.2 Å². The Balaban J connectivity index is 2.06. The van der Waals surface area contributed by atoms with Crippen LogP contribution in [0.15, 0.2) is 12.3 Å². The lowest BCUT2D eigenvalue weighted by Crippen LogP contribution is -2.47. The van der Waals surface area contributed by atoms with Gasteiger partial charge in [0.15, 0.2) is 0 Å². The molecule has 0 radical (unpaired) electrons. The van der Waals surface area contributed by atoms with E-state index in [1.165, 1.54) is 25.7 Å². The first-order chi connectivity index (χ1) is 8.53. The van der Waals surface area contributed by atoms with Gasteiger partial charge < -0.3 is 16.0 Å². The Morgan fingerprint density at radius 2 is 2.06 bits per heavy atom. The van der Waals surface area contributed by atoms with E-state index in [0.717, 1.165) is 23.6 Å². The maximum absolute atomic E-state index is 5.72. The minimum atomic E-state index is 0.287. The Kier molecular flexibility index (Phi) is 3.76. The van der Waals surface area contributed by atoms with Gasteiger partial charge in [-0.15, -0.1) is 0 Å². The van der Waals surface area contributed by atoms with Crippen LogP contribution in [-0.4, -0.2) is 36.1 Å². The molecular weight excluding hydrogens is 224 g/mol. The number of nitrogens with zero attached hydrogens (tertiary/aromatic N) is 2. The van der Waals surface area contributed by atoms with Gasteiger partial charge in [0.1, 0.15) is 5.82 Å². The van der Waals surface area contributed by atoms with Gasteiger partial charge >= 0.3 is 0 Å². The molecule has 0 unspecified atom stereocenters. The largest absolute Gasteiger partial charge is 0.397 e. The second-order valence-corrected chi connectivity index (χ2v) is 5.61. The second kappa shape index (κ2) is 5.14. The number of rotatable bonds is 4. The van der Waals surface area contributed by atoms with Crippen LogP contribution in [0, 0.1) is 6.92 Å². The molecule has 4 heteroatoms. The van der Waals surface area contributed by atoms with Gasteiger partial charge in [-0.1, -0.05) is 12.8 Å². The molecule has 0 bridgehead atoms. The summed E-state index contributed by atoms with van der Waals surface area (Å²) in [6, 6.07) is 1.96. The number of likely N-dealkylation sites (N-methyl/N-ethyl adjacent to an activating group) is 1. The van der Waals surface area contributed by atoms with Crippen LogP contribution in [0.1, 0.15) is 31.2 Å². The van der Waals surface area contributed by atoms with Crippen molar-refractivity contribution in [1.82, 2.24) is 9.88 Å². The highest BCUT2D eigenvalue weighted by Crippen LogP contribution is 2.34. The van der Waals surface area contributed by atoms with Gasteiger partial charge in [-0.05, 0) is 45.5 Å². The number of nitrogens with one attached hydrogen (secondary N) is 1. The zero-order chi connectivity index (χ0) is 13.2. The van der Waals surface area contributed by atoms with Gasteiger partial charge in [-0.3, -0.25) is 0 Å². The Morgan fingerprint density at radius 3 is 2.61 bits per heavy atom. The van der Waals surface area contributed by atoms with Gasteiger partial charge in [0.2, 0.25) is 0 Å². The fourth-order valence-electron chi connectivity index (χ4n) is 2.85. The van der Waals surface area contributed by atoms with Crippen LogP contribution >= 0.6 is 0 Å². The fraction of sp³-hybridized carbons (Fsp3) is 0.643. The van der Waals surface area contributed by atoms with Crippen molar-refractivity contribution < 1.29 is 0 Å². The molecule has 0 aromatic carbocycles. The predicted octanol–water partition coefficient (Wildman–Crippen LogP) is 2.26. The molecule has 1 aliphatic rings. The SMILES string of the molecule is Cc1cc(N)cnc1NCC1(N(C)C)CCCC1. The molecule has 0 saturated heterocycles. The van der Waals surface area contributed by atoms with Crippen LogP contribution in [-0.2, 0) is 0 Å². The van der Waals surface area contributed by atoms with E-state index in [2.05, 4.69) is 29.3 Å². The maximum atomic E-state index is 5.72. The minimum absolute atomic E-state index is 0.287. The van der Waals surface area contributed by atoms with E-state index in [1.807, 2.05) is 13.0 Å². The van der Waals surface area contributed by atoms with Crippen LogP contribution < -0.4 is 11.1 Å². The summed E-state index contributed by atoms with van der Waals surface area (Å²) in [5.74, 6) is 0.956. The van der Waals surface area contributed by atoms with Crippen LogP contribution in [0.4, 0.5) is 11.5 Å². The molecule has 1 fully saturated rings. The third kappa shape index (κ3) is 2.58. The van der Waals surface area contributed by atoms with E-state index in [-0.39, 0.29) is 5.54 Å². The van der Waals surface area contributed by atoms with Crippen molar-refractivity contribution in [1.29, 1.82) is 0 Å². The summed E-state index contributed by atoms with van der Waals surface area (Å²) >= 11 is 0. The van der Waals surface area contributed by atoms with Crippen molar-refractivity contribution in [3.05, 3.63) is 17.8 Å². The highest BCUT2D eigenvalue weighted by molar-refractivity contribution is 5.51. The first kappa shape index (κ1) is 13.1. The number of hydrogen-bond donors (Lipinski definition) is 2. The third-order valence-electron chi connectivity index (χ3n) is 4.17. The molecule has 0 atom stereocenters. The third-order valence-corrected chi connectivity index (χ3v) is 4.17. The van der Waals surface area contributed by atoms with Crippen molar-refractivity contribution in [2.75, 3.05) is 31.7 Å². The molecule has 2 rings (SSSR count). The zero-order valence-electron chi connectivity index (χ0n) is 11.7. The van der Waals surface area contributed by atoms with E-state index < -0.39 is 0 Å². The molecule has 0 aliphatic heterocycles. The van der Waals surface area contributed by atoms with E-state index in [1.54, 1.807) is 6.20 Å². The molecule has 1 saturated carbocycles. The Hall–Kier alpha value is -1.29. The number of anilines is 2. The zero-order valence-corrected chi connectivity index (χ0v) is 11.7. The van der Waals surface area contributed by atoms with E-state index in [0.29, 0.717) is 0 Å². The normalized spacial score (nSPS) is 18.2. The lowest BCUT2D eigenvalue weighted by Gasteiger charge is -2.36. The van der Waals surface area contributed by atoms with Crippen LogP contribution in [0.3, 0.4) is 0 Å². The van der Waals surface area contributed by atoms with Crippen molar-refractivity contribution in [3.63, 3.8) is 0 Å². The smallest absolute Gasteiger partial charge is 0.129 e. The van der Waals surface area contributed by atoms with Crippen LogP contribution in [0.2, 0.25) is 0 Å². The van der Waals surface area contributed by atoms with Gasteiger partial charge in [-0.25, -0.2) is 4.98 Å². The standard InChI is InChI=1S/C14H24N4/c1-11-8-12(15)9-16-13(11)17-10-14(18(2)3)6-4-5-7-14/h8-9H,4-7,10,15H2,1-3H3,(H,16,17). The van der Waals surface area contributed by atoms with Crippen molar-refractivity contribution in [2.45, 2.75) is 38.1 Å². The summed E-state index contributed by atoms with van der Waals surface area (Å²) in [5, 5.41) is 3.50. The van der Waals surface area contributed by atoms with Crippen molar-refractivity contribution in [2.24, 2.45) is 0 Å². The Morgan fingerprint density at radius 1 is 1.39 bits per heavy atom. The highest BCUT2D eigenvalue weighted by Gasteiger charge is 2.35. The number of pyridine rings is 1. The summed E-state index contributed by atoms with van der Waals surface area (Å²) in [6.45, 7) is 3.00. The number of nitrogen functional groups attached to an aromatic ring is 1. The van der Waals surface area contributed by atoms with Crippen molar-refractivity contribution in [3.8, 4) is 0 Å². The molecule has 100 valence electrons. The number of aryl methyl sites for hydroxylation is 1. The molecular formula is C14H24N4. The Labute approximate surface area is 110 Å². The Bertz CT molecular complexity index is 408. The van der Waals surface area contributed by atoms with E-state index >= 15 is 0 Å². The average Bonchev–Trinajstić information content (AvgIpc) is 2.78. The molecule has 4 nitrogen and oxygen atoms in total. The lowest BCUT2D eigenvalue weighted by atomic mass is 9.96. The monoisotopic (exact) mass is 248 g/mol. The molecule has 1 aromatic heterocycles. The first-order valence-corrected chi connectivity index (χ1v) is 6.67. The summed E-state index contributed by atoms with van der Waals surface area (Å²) in [5.41, 5.74) is 7.84. The van der Waals surface area contributed by atoms with Crippen LogP contribution in [0.25, 0.3) is 0 Å². The van der Waals surface area contributed by atoms with Gasteiger partial charge in [0.25, 0.3) is 0 Å². The maximum Gasteiger partial charge on any atom is 0.129 e. The molecule has 0 amide bonds. The summed E-state index contributed by atoms with van der Waals surface area (Å²) in [7, 11) is 4.35. The number of aromatic nitrogens is 1. The summed E-state index contributed by atoms with van der Waals surface area (Å²) < 4.78 is 0. The van der Waals surface area contributed by atoms with Gasteiger partial charge in [0, 0.05) is 12.1 Å². The highest BCUT2D eigenvalue weighted by atomic mass is 15.2. The molecule has 18 heavy (non-hydrogen) atoms. The second-order valence-electron chi connectivity index (χ2n) is 5.61. The molecule has 1 aromatic rings. The molecule has 1 aliphatic carbocycles. The molecule has 3 N–H and O–H groups in total. The van der Waals surface area contributed by atoms with Crippen molar-refractivity contribution >= 4 is 11.5 Å². The number of hydrogen-bond acceptors (Lipinski definition) is 4. The van der Waals surface area contributed by atoms with E-state index in [9.17, 15) is 0 Å². The summed E-state index contributed by atoms with van der Waals surface area (Å²) in [4.78, 5) is 6.74. The molecule has 1 heterocycles. The lowest BCUT2D eigenvalue weighted by molar-refractivity contribution is 0.172. The minimum Gasteiger partial charge on any atom is -0.397 e. The van der Waals surface area contributed by atoms with Gasteiger partial charge in [-0.2, -0.15) is 0 Å². The predicted molar refractivity (Wildman–Crippen MR) is 76.8 cm³/mol. The average molecular weight is 248 g/mol. The first-order valence-electron chi connectivity index (χ1n) is 6.67. The van der Waals surface area contributed by atoms with Crippen LogP contribution in [0.5, 0.6) is 0 Å². The summed E-state index contributed by atoms with van der Waals surface area (Å²) in [6.07, 6.45) is 6.90.